The van der Waals surface area contributed by atoms with Gasteiger partial charge in [0.25, 0.3) is 0 Å². The van der Waals surface area contributed by atoms with Crippen LogP contribution in [0.1, 0.15) is 25.3 Å². The predicted molar refractivity (Wildman–Crippen MR) is 62.4 cm³/mol. The molecule has 78 valence electrons. The Kier molecular flexibility index (Phi) is 2.72. The highest BCUT2D eigenvalue weighted by Gasteiger charge is 2.00. The number of nitrogens with zero attached hydrogens (tertiary/aromatic N) is 1. The van der Waals surface area contributed by atoms with Crippen molar-refractivity contribution in [2.45, 2.75) is 19.8 Å². The van der Waals surface area contributed by atoms with Crippen LogP contribution in [0, 0.1) is 0 Å². The number of anilines is 2. The van der Waals surface area contributed by atoms with Gasteiger partial charge in [0.05, 0.1) is 11.9 Å². The monoisotopic (exact) mass is 201 g/mol. The van der Waals surface area contributed by atoms with Crippen LogP contribution in [0.4, 0.5) is 11.4 Å². The van der Waals surface area contributed by atoms with E-state index in [-0.39, 0.29) is 0 Å². The molecular formula is C12H15N3. The van der Waals surface area contributed by atoms with E-state index in [0.29, 0.717) is 5.92 Å². The van der Waals surface area contributed by atoms with E-state index in [1.807, 2.05) is 6.20 Å². The Labute approximate surface area is 89.5 Å². The van der Waals surface area contributed by atoms with Crippen LogP contribution in [-0.2, 0) is 0 Å². The quantitative estimate of drug-likeness (QED) is 0.800. The van der Waals surface area contributed by atoms with Crippen LogP contribution in [0.2, 0.25) is 0 Å². The third kappa shape index (κ3) is 2.37. The zero-order valence-electron chi connectivity index (χ0n) is 8.99. The Hall–Kier alpha value is -1.77. The van der Waals surface area contributed by atoms with Gasteiger partial charge in [0.15, 0.2) is 0 Å². The van der Waals surface area contributed by atoms with E-state index in [0.717, 1.165) is 11.4 Å². The summed E-state index contributed by atoms with van der Waals surface area (Å²) in [7, 11) is 0. The second kappa shape index (κ2) is 4.17. The van der Waals surface area contributed by atoms with Crippen molar-refractivity contribution in [1.29, 1.82) is 0 Å². The van der Waals surface area contributed by atoms with Gasteiger partial charge in [-0.25, -0.2) is 0 Å². The first kappa shape index (κ1) is 9.77. The summed E-state index contributed by atoms with van der Waals surface area (Å²) in [6.07, 6.45) is 3.60. The fraction of sp³-hybridized carbons (Fsp3) is 0.250. The van der Waals surface area contributed by atoms with Crippen LogP contribution >= 0.6 is 0 Å². The van der Waals surface area contributed by atoms with Gasteiger partial charge < -0.3 is 5.32 Å². The average Bonchev–Trinajstić information content (AvgIpc) is 2.71. The Morgan fingerprint density at radius 2 is 2.13 bits per heavy atom. The second-order valence-corrected chi connectivity index (χ2v) is 3.89. The number of hydrogen-bond acceptors (Lipinski definition) is 2. The first-order chi connectivity index (χ1) is 7.25. The molecule has 0 unspecified atom stereocenters. The van der Waals surface area contributed by atoms with Crippen LogP contribution in [-0.4, -0.2) is 10.2 Å². The average molecular weight is 201 g/mol. The van der Waals surface area contributed by atoms with Crippen LogP contribution in [0.25, 0.3) is 0 Å². The van der Waals surface area contributed by atoms with Crippen molar-refractivity contribution in [2.24, 2.45) is 0 Å². The molecule has 1 aromatic carbocycles. The molecule has 1 heterocycles. The van der Waals surface area contributed by atoms with Gasteiger partial charge in [0, 0.05) is 11.9 Å². The highest BCUT2D eigenvalue weighted by molar-refractivity contribution is 5.58. The first-order valence-corrected chi connectivity index (χ1v) is 5.11. The van der Waals surface area contributed by atoms with Gasteiger partial charge in [0.1, 0.15) is 0 Å². The molecule has 2 aromatic rings. The van der Waals surface area contributed by atoms with E-state index >= 15 is 0 Å². The molecule has 15 heavy (non-hydrogen) atoms. The molecular weight excluding hydrogens is 186 g/mol. The van der Waals surface area contributed by atoms with Crippen molar-refractivity contribution in [2.75, 3.05) is 5.32 Å². The van der Waals surface area contributed by atoms with Crippen molar-refractivity contribution in [3.05, 3.63) is 42.2 Å². The summed E-state index contributed by atoms with van der Waals surface area (Å²) < 4.78 is 0. The van der Waals surface area contributed by atoms with E-state index in [1.54, 1.807) is 6.20 Å². The number of aromatic amines is 1. The van der Waals surface area contributed by atoms with E-state index in [9.17, 15) is 0 Å². The molecule has 0 saturated heterocycles. The van der Waals surface area contributed by atoms with Crippen LogP contribution in [0.3, 0.4) is 0 Å². The fourth-order valence-electron chi connectivity index (χ4n) is 1.46. The minimum Gasteiger partial charge on any atom is -0.353 e. The summed E-state index contributed by atoms with van der Waals surface area (Å²) >= 11 is 0. The predicted octanol–water partition coefficient (Wildman–Crippen LogP) is 3.28. The zero-order valence-corrected chi connectivity index (χ0v) is 8.99. The minimum atomic E-state index is 0.552. The lowest BCUT2D eigenvalue weighted by Gasteiger charge is -2.08. The van der Waals surface area contributed by atoms with E-state index in [2.05, 4.69) is 53.6 Å². The summed E-state index contributed by atoms with van der Waals surface area (Å²) in [5, 5.41) is 9.95. The van der Waals surface area contributed by atoms with Gasteiger partial charge in [0.2, 0.25) is 0 Å². The second-order valence-electron chi connectivity index (χ2n) is 3.89. The lowest BCUT2D eigenvalue weighted by Crippen LogP contribution is -1.91. The molecule has 3 heteroatoms. The molecule has 0 spiro atoms. The largest absolute Gasteiger partial charge is 0.353 e. The number of rotatable bonds is 3. The minimum absolute atomic E-state index is 0.552. The maximum atomic E-state index is 3.89. The maximum Gasteiger partial charge on any atom is 0.0767 e. The summed E-state index contributed by atoms with van der Waals surface area (Å²) in [6, 6.07) is 8.43. The van der Waals surface area contributed by atoms with Crippen molar-refractivity contribution < 1.29 is 0 Å². The lowest BCUT2D eigenvalue weighted by molar-refractivity contribution is 0.867. The van der Waals surface area contributed by atoms with Gasteiger partial charge in [-0.05, 0) is 23.6 Å². The smallest absolute Gasteiger partial charge is 0.0767 e. The Bertz CT molecular complexity index is 418. The summed E-state index contributed by atoms with van der Waals surface area (Å²) in [6.45, 7) is 4.38. The number of nitrogens with one attached hydrogen (secondary N) is 2. The molecule has 3 nitrogen and oxygen atoms in total. The number of hydrogen-bond donors (Lipinski definition) is 2. The summed E-state index contributed by atoms with van der Waals surface area (Å²) in [5.74, 6) is 0.552. The zero-order chi connectivity index (χ0) is 10.7. The van der Waals surface area contributed by atoms with Gasteiger partial charge in [-0.15, -0.1) is 0 Å². The SMILES string of the molecule is CC(C)c1cccc(Nc2cn[nH]c2)c1. The normalized spacial score (nSPS) is 10.6. The third-order valence-corrected chi connectivity index (χ3v) is 2.34. The molecule has 0 radical (unpaired) electrons. The van der Waals surface area contributed by atoms with E-state index < -0.39 is 0 Å². The van der Waals surface area contributed by atoms with Crippen molar-refractivity contribution >= 4 is 11.4 Å². The first-order valence-electron chi connectivity index (χ1n) is 5.11. The molecule has 1 aromatic heterocycles. The molecule has 0 saturated carbocycles. The summed E-state index contributed by atoms with van der Waals surface area (Å²) in [4.78, 5) is 0. The number of H-pyrrole nitrogens is 1. The van der Waals surface area contributed by atoms with Crippen LogP contribution in [0.5, 0.6) is 0 Å². The van der Waals surface area contributed by atoms with Crippen molar-refractivity contribution in [3.63, 3.8) is 0 Å². The number of aromatic nitrogens is 2. The lowest BCUT2D eigenvalue weighted by atomic mass is 10.0. The van der Waals surface area contributed by atoms with E-state index in [1.165, 1.54) is 5.56 Å². The standard InChI is InChI=1S/C12H15N3/c1-9(2)10-4-3-5-11(6-10)15-12-7-13-14-8-12/h3-9,15H,1-2H3,(H,13,14). The molecule has 0 aliphatic rings. The maximum absolute atomic E-state index is 3.89. The molecule has 0 bridgehead atoms. The molecule has 0 aliphatic heterocycles. The van der Waals surface area contributed by atoms with Gasteiger partial charge >= 0.3 is 0 Å². The van der Waals surface area contributed by atoms with Crippen LogP contribution < -0.4 is 5.32 Å². The Balaban J connectivity index is 2.18. The molecule has 2 N–H and O–H groups in total. The Morgan fingerprint density at radius 1 is 1.27 bits per heavy atom. The molecule has 0 atom stereocenters. The molecule has 0 fully saturated rings. The molecule has 2 rings (SSSR count). The fourth-order valence-corrected chi connectivity index (χ4v) is 1.46. The van der Waals surface area contributed by atoms with Crippen LogP contribution in [0.15, 0.2) is 36.7 Å². The topological polar surface area (TPSA) is 40.7 Å². The van der Waals surface area contributed by atoms with Crippen molar-refractivity contribution in [1.82, 2.24) is 10.2 Å². The van der Waals surface area contributed by atoms with E-state index in [4.69, 9.17) is 0 Å². The Morgan fingerprint density at radius 3 is 2.80 bits per heavy atom. The van der Waals surface area contributed by atoms with Gasteiger partial charge in [-0.2, -0.15) is 5.10 Å². The molecule has 0 amide bonds. The van der Waals surface area contributed by atoms with Gasteiger partial charge in [-0.1, -0.05) is 26.0 Å². The third-order valence-electron chi connectivity index (χ3n) is 2.34. The summed E-state index contributed by atoms with van der Waals surface area (Å²) in [5.41, 5.74) is 3.42. The molecule has 0 aliphatic carbocycles. The highest BCUT2D eigenvalue weighted by Crippen LogP contribution is 2.20. The van der Waals surface area contributed by atoms with Gasteiger partial charge in [-0.3, -0.25) is 5.10 Å². The van der Waals surface area contributed by atoms with Crippen molar-refractivity contribution in [3.8, 4) is 0 Å². The highest BCUT2D eigenvalue weighted by atomic mass is 15.1. The number of benzene rings is 1.